The van der Waals surface area contributed by atoms with E-state index in [9.17, 15) is 8.42 Å². The van der Waals surface area contributed by atoms with Crippen molar-refractivity contribution >= 4 is 16.2 Å². The van der Waals surface area contributed by atoms with E-state index in [4.69, 9.17) is 11.1 Å². The maximum absolute atomic E-state index is 10.7. The Morgan fingerprint density at radius 1 is 1.33 bits per heavy atom. The minimum absolute atomic E-state index is 0.174. The highest BCUT2D eigenvalue weighted by Gasteiger charge is 2.11. The van der Waals surface area contributed by atoms with E-state index in [1.54, 1.807) is 6.07 Å². The van der Waals surface area contributed by atoms with Crippen LogP contribution >= 0.6 is 0 Å². The minimum Gasteiger partial charge on any atom is -0.282 e. The Morgan fingerprint density at radius 3 is 2.33 bits per heavy atom. The highest BCUT2D eigenvalue weighted by molar-refractivity contribution is 7.85. The fraction of sp³-hybridized carbons (Fsp3) is 0. The molecule has 0 aliphatic rings. The average molecular weight is 183 g/mol. The van der Waals surface area contributed by atoms with Gasteiger partial charge in [0, 0.05) is 0 Å². The van der Waals surface area contributed by atoms with E-state index in [0.717, 1.165) is 6.08 Å². The zero-order chi connectivity index (χ0) is 9.19. The van der Waals surface area contributed by atoms with Gasteiger partial charge in [0.2, 0.25) is 0 Å². The van der Waals surface area contributed by atoms with E-state index in [0.29, 0.717) is 5.56 Å². The molecule has 0 amide bonds. The first-order valence-electron chi connectivity index (χ1n) is 3.17. The lowest BCUT2D eigenvalue weighted by atomic mass is 10.2. The van der Waals surface area contributed by atoms with Gasteiger partial charge >= 0.3 is 0 Å². The molecule has 0 aliphatic carbocycles. The van der Waals surface area contributed by atoms with Crippen molar-refractivity contribution in [2.75, 3.05) is 0 Å². The number of hydrogen-bond acceptors (Lipinski definition) is 2. The molecule has 0 unspecified atom stereocenters. The fourth-order valence-electron chi connectivity index (χ4n) is 0.853. The Bertz CT molecular complexity index is 393. The Labute approximate surface area is 71.1 Å². The Hall–Kier alpha value is -1.13. The fourth-order valence-corrected chi connectivity index (χ4v) is 1.54. The SMILES string of the molecule is [CH]=Cc1ccccc1S(=O)(=O)O. The van der Waals surface area contributed by atoms with Crippen LogP contribution in [-0.2, 0) is 10.1 Å². The molecule has 0 aromatic heterocycles. The summed E-state index contributed by atoms with van der Waals surface area (Å²) in [4.78, 5) is -0.174. The predicted molar refractivity (Wildman–Crippen MR) is 45.0 cm³/mol. The number of rotatable bonds is 2. The molecule has 0 spiro atoms. The Balaban J connectivity index is 3.43. The average Bonchev–Trinajstić information content (AvgIpc) is 2.03. The van der Waals surface area contributed by atoms with Crippen LogP contribution in [-0.4, -0.2) is 13.0 Å². The summed E-state index contributed by atoms with van der Waals surface area (Å²) in [5, 5.41) is 0. The molecular formula is C8H7O3S. The van der Waals surface area contributed by atoms with Crippen molar-refractivity contribution in [1.29, 1.82) is 0 Å². The summed E-state index contributed by atoms with van der Waals surface area (Å²) in [6.07, 6.45) is 1.13. The molecule has 0 atom stereocenters. The molecule has 1 N–H and O–H groups in total. The molecule has 0 fully saturated rings. The Kier molecular flexibility index (Phi) is 2.30. The maximum Gasteiger partial charge on any atom is 0.295 e. The summed E-state index contributed by atoms with van der Waals surface area (Å²) in [6.45, 7) is 5.15. The van der Waals surface area contributed by atoms with Crippen LogP contribution < -0.4 is 0 Å². The standard InChI is InChI=1S/C8H7O3S/c1-2-7-5-3-4-6-8(7)12(9,10)11/h1-6H,(H,9,10,11). The molecule has 3 nitrogen and oxygen atoms in total. The summed E-state index contributed by atoms with van der Waals surface area (Å²) in [7, 11) is -4.16. The molecule has 0 saturated heterocycles. The third-order valence-electron chi connectivity index (χ3n) is 1.38. The topological polar surface area (TPSA) is 54.4 Å². The Morgan fingerprint density at radius 2 is 1.92 bits per heavy atom. The van der Waals surface area contributed by atoms with Crippen molar-refractivity contribution in [3.8, 4) is 0 Å². The molecule has 0 heterocycles. The molecule has 12 heavy (non-hydrogen) atoms. The van der Waals surface area contributed by atoms with E-state index >= 15 is 0 Å². The third-order valence-corrected chi connectivity index (χ3v) is 2.30. The van der Waals surface area contributed by atoms with Gasteiger partial charge in [0.05, 0.1) is 0 Å². The quantitative estimate of drug-likeness (QED) is 0.705. The largest absolute Gasteiger partial charge is 0.295 e. The summed E-state index contributed by atoms with van der Waals surface area (Å²) in [5.41, 5.74) is 0.292. The predicted octanol–water partition coefficient (Wildman–Crippen LogP) is 1.38. The summed E-state index contributed by atoms with van der Waals surface area (Å²) in [5.74, 6) is 0. The van der Waals surface area contributed by atoms with E-state index in [1.165, 1.54) is 18.2 Å². The summed E-state index contributed by atoms with van der Waals surface area (Å²) < 4.78 is 30.1. The van der Waals surface area contributed by atoms with Crippen LogP contribution in [0.25, 0.3) is 6.08 Å². The van der Waals surface area contributed by atoms with E-state index in [1.807, 2.05) is 0 Å². The van der Waals surface area contributed by atoms with E-state index in [-0.39, 0.29) is 4.90 Å². The molecule has 4 heteroatoms. The molecule has 1 rings (SSSR count). The molecule has 0 bridgehead atoms. The normalized spacial score (nSPS) is 11.1. The zero-order valence-corrected chi connectivity index (χ0v) is 6.95. The monoisotopic (exact) mass is 183 g/mol. The van der Waals surface area contributed by atoms with Crippen LogP contribution in [0, 0.1) is 6.58 Å². The summed E-state index contributed by atoms with van der Waals surface area (Å²) in [6, 6.07) is 5.93. The number of benzene rings is 1. The lowest BCUT2D eigenvalue weighted by Crippen LogP contribution is -1.99. The van der Waals surface area contributed by atoms with Crippen LogP contribution in [0.15, 0.2) is 29.2 Å². The van der Waals surface area contributed by atoms with Gasteiger partial charge in [-0.15, -0.1) is 0 Å². The lowest BCUT2D eigenvalue weighted by Gasteiger charge is -1.99. The van der Waals surface area contributed by atoms with Crippen molar-refractivity contribution in [2.24, 2.45) is 0 Å². The minimum atomic E-state index is -4.16. The van der Waals surface area contributed by atoms with Gasteiger partial charge in [0.15, 0.2) is 0 Å². The van der Waals surface area contributed by atoms with Crippen LogP contribution in [0.5, 0.6) is 0 Å². The van der Waals surface area contributed by atoms with Crippen LogP contribution in [0.1, 0.15) is 5.56 Å². The molecule has 1 aromatic carbocycles. The molecular weight excluding hydrogens is 176 g/mol. The van der Waals surface area contributed by atoms with Gasteiger partial charge in [-0.2, -0.15) is 8.42 Å². The molecule has 63 valence electrons. The van der Waals surface area contributed by atoms with Crippen LogP contribution in [0.3, 0.4) is 0 Å². The first kappa shape index (κ1) is 8.96. The van der Waals surface area contributed by atoms with Crippen LogP contribution in [0.4, 0.5) is 0 Å². The van der Waals surface area contributed by atoms with Crippen LogP contribution in [0.2, 0.25) is 0 Å². The van der Waals surface area contributed by atoms with Gasteiger partial charge < -0.3 is 0 Å². The highest BCUT2D eigenvalue weighted by Crippen LogP contribution is 2.15. The van der Waals surface area contributed by atoms with Crippen molar-refractivity contribution in [3.63, 3.8) is 0 Å². The van der Waals surface area contributed by atoms with Crippen molar-refractivity contribution in [3.05, 3.63) is 36.4 Å². The molecule has 0 aliphatic heterocycles. The van der Waals surface area contributed by atoms with E-state index in [2.05, 4.69) is 0 Å². The van der Waals surface area contributed by atoms with Gasteiger partial charge in [-0.25, -0.2) is 0 Å². The first-order valence-corrected chi connectivity index (χ1v) is 4.61. The lowest BCUT2D eigenvalue weighted by molar-refractivity contribution is 0.483. The molecule has 1 radical (unpaired) electrons. The van der Waals surface area contributed by atoms with Gasteiger partial charge in [0.25, 0.3) is 10.1 Å². The molecule has 0 saturated carbocycles. The van der Waals surface area contributed by atoms with Gasteiger partial charge in [-0.1, -0.05) is 30.9 Å². The molecule has 1 aromatic rings. The summed E-state index contributed by atoms with van der Waals surface area (Å²) >= 11 is 0. The zero-order valence-electron chi connectivity index (χ0n) is 6.14. The van der Waals surface area contributed by atoms with E-state index < -0.39 is 10.1 Å². The van der Waals surface area contributed by atoms with Gasteiger partial charge in [-0.3, -0.25) is 4.55 Å². The van der Waals surface area contributed by atoms with Gasteiger partial charge in [-0.05, 0) is 11.6 Å². The van der Waals surface area contributed by atoms with Crippen molar-refractivity contribution in [1.82, 2.24) is 0 Å². The highest BCUT2D eigenvalue weighted by atomic mass is 32.2. The van der Waals surface area contributed by atoms with Crippen molar-refractivity contribution in [2.45, 2.75) is 4.90 Å². The van der Waals surface area contributed by atoms with Crippen molar-refractivity contribution < 1.29 is 13.0 Å². The second kappa shape index (κ2) is 3.08. The number of hydrogen-bond donors (Lipinski definition) is 1. The smallest absolute Gasteiger partial charge is 0.282 e. The maximum atomic E-state index is 10.7. The third kappa shape index (κ3) is 1.72. The first-order chi connectivity index (χ1) is 5.55. The second-order valence-electron chi connectivity index (χ2n) is 2.18. The second-order valence-corrected chi connectivity index (χ2v) is 3.57. The van der Waals surface area contributed by atoms with Gasteiger partial charge in [0.1, 0.15) is 4.90 Å².